The van der Waals surface area contributed by atoms with Crippen molar-refractivity contribution in [1.82, 2.24) is 29.3 Å². The number of fused-ring (bicyclic) bond motifs is 1. The summed E-state index contributed by atoms with van der Waals surface area (Å²) >= 11 is 0. The molecular weight excluding hydrogens is 382 g/mol. The number of pyridine rings is 1. The van der Waals surface area contributed by atoms with Crippen LogP contribution in [0.1, 0.15) is 0 Å². The summed E-state index contributed by atoms with van der Waals surface area (Å²) in [6.07, 6.45) is 3.52. The average molecular weight is 405 g/mol. The number of morpholine rings is 1. The molecule has 1 fully saturated rings. The van der Waals surface area contributed by atoms with Gasteiger partial charge in [0.25, 0.3) is 0 Å². The molecule has 5 rings (SSSR count). The van der Waals surface area contributed by atoms with E-state index < -0.39 is 0 Å². The second-order valence-corrected chi connectivity index (χ2v) is 7.08. The van der Waals surface area contributed by atoms with Gasteiger partial charge in [0.2, 0.25) is 0 Å². The number of nitrogens with zero attached hydrogens (tertiary/aromatic N) is 7. The standard InChI is InChI=1S/C21H23N7O2/c1-29-10-7-27-14-22-19-17(26-8-11-30-12-9-26)13-18(24-21(19)27)28-15-23-20(25-28)16-5-3-2-4-6-16/h2-6,13-15H,7-12H2,1H3. The molecule has 0 N–H and O–H groups in total. The number of hydrogen-bond acceptors (Lipinski definition) is 7. The molecular formula is C21H23N7O2. The van der Waals surface area contributed by atoms with Crippen LogP contribution < -0.4 is 4.90 Å². The Kier molecular flexibility index (Phi) is 5.12. The fourth-order valence-electron chi connectivity index (χ4n) is 3.61. The van der Waals surface area contributed by atoms with Gasteiger partial charge < -0.3 is 18.9 Å². The van der Waals surface area contributed by atoms with E-state index in [0.29, 0.717) is 38.0 Å². The van der Waals surface area contributed by atoms with Gasteiger partial charge in [-0.25, -0.2) is 19.6 Å². The van der Waals surface area contributed by atoms with Crippen molar-refractivity contribution in [3.05, 3.63) is 49.1 Å². The second kappa shape index (κ2) is 8.21. The van der Waals surface area contributed by atoms with Crippen molar-refractivity contribution in [1.29, 1.82) is 0 Å². The number of anilines is 1. The summed E-state index contributed by atoms with van der Waals surface area (Å²) < 4.78 is 14.5. The molecule has 0 bridgehead atoms. The molecule has 3 aromatic heterocycles. The zero-order valence-corrected chi connectivity index (χ0v) is 16.8. The topological polar surface area (TPSA) is 83.1 Å². The molecule has 1 saturated heterocycles. The maximum Gasteiger partial charge on any atom is 0.181 e. The smallest absolute Gasteiger partial charge is 0.181 e. The predicted molar refractivity (Wildman–Crippen MR) is 113 cm³/mol. The lowest BCUT2D eigenvalue weighted by Crippen LogP contribution is -2.36. The summed E-state index contributed by atoms with van der Waals surface area (Å²) in [5.41, 5.74) is 3.69. The van der Waals surface area contributed by atoms with Crippen LogP contribution in [0.15, 0.2) is 49.1 Å². The SMILES string of the molecule is COCCn1cnc2c(N3CCOCC3)cc(-n3cnc(-c4ccccc4)n3)nc21. The van der Waals surface area contributed by atoms with Crippen LogP contribution >= 0.6 is 0 Å². The Morgan fingerprint density at radius 3 is 2.70 bits per heavy atom. The van der Waals surface area contributed by atoms with E-state index in [2.05, 4.69) is 20.0 Å². The Morgan fingerprint density at radius 1 is 1.07 bits per heavy atom. The average Bonchev–Trinajstić information content (AvgIpc) is 3.46. The van der Waals surface area contributed by atoms with E-state index in [1.165, 1.54) is 0 Å². The van der Waals surface area contributed by atoms with Crippen molar-refractivity contribution in [3.8, 4) is 17.2 Å². The summed E-state index contributed by atoms with van der Waals surface area (Å²) in [7, 11) is 1.69. The van der Waals surface area contributed by atoms with Gasteiger partial charge in [0.05, 0.1) is 31.8 Å². The Bertz CT molecular complexity index is 1130. The van der Waals surface area contributed by atoms with E-state index in [1.54, 1.807) is 18.1 Å². The molecule has 0 spiro atoms. The molecule has 0 radical (unpaired) electrons. The number of aromatic nitrogens is 6. The third-order valence-corrected chi connectivity index (χ3v) is 5.19. The number of methoxy groups -OCH3 is 1. The lowest BCUT2D eigenvalue weighted by molar-refractivity contribution is 0.123. The lowest BCUT2D eigenvalue weighted by atomic mass is 10.2. The fourth-order valence-corrected chi connectivity index (χ4v) is 3.61. The van der Waals surface area contributed by atoms with Crippen LogP contribution in [-0.4, -0.2) is 69.3 Å². The number of benzene rings is 1. The minimum absolute atomic E-state index is 0.589. The molecule has 9 nitrogen and oxygen atoms in total. The number of hydrogen-bond donors (Lipinski definition) is 0. The van der Waals surface area contributed by atoms with Crippen LogP contribution in [0.5, 0.6) is 0 Å². The van der Waals surface area contributed by atoms with E-state index >= 15 is 0 Å². The summed E-state index contributed by atoms with van der Waals surface area (Å²) in [6, 6.07) is 12.0. The summed E-state index contributed by atoms with van der Waals surface area (Å²) in [5.74, 6) is 1.37. The summed E-state index contributed by atoms with van der Waals surface area (Å²) in [6.45, 7) is 4.30. The predicted octanol–water partition coefficient (Wildman–Crippen LogP) is 2.16. The van der Waals surface area contributed by atoms with Crippen LogP contribution in [0, 0.1) is 0 Å². The van der Waals surface area contributed by atoms with E-state index in [1.807, 2.05) is 47.3 Å². The minimum atomic E-state index is 0.589. The normalized spacial score (nSPS) is 14.5. The summed E-state index contributed by atoms with van der Waals surface area (Å²) in [4.78, 5) is 16.3. The highest BCUT2D eigenvalue weighted by molar-refractivity contribution is 5.87. The first-order valence-electron chi connectivity index (χ1n) is 9.98. The molecule has 1 aliphatic rings. The van der Waals surface area contributed by atoms with E-state index in [9.17, 15) is 0 Å². The Balaban J connectivity index is 1.60. The molecule has 0 aliphatic carbocycles. The summed E-state index contributed by atoms with van der Waals surface area (Å²) in [5, 5.41) is 4.67. The third kappa shape index (κ3) is 3.53. The third-order valence-electron chi connectivity index (χ3n) is 5.19. The van der Waals surface area contributed by atoms with Crippen LogP contribution in [0.25, 0.3) is 28.4 Å². The maximum atomic E-state index is 5.53. The van der Waals surface area contributed by atoms with Gasteiger partial charge in [-0.05, 0) is 0 Å². The maximum absolute atomic E-state index is 5.53. The van der Waals surface area contributed by atoms with Gasteiger partial charge in [-0.3, -0.25) is 0 Å². The van der Waals surface area contributed by atoms with E-state index in [0.717, 1.165) is 35.5 Å². The van der Waals surface area contributed by atoms with Crippen LogP contribution in [0.3, 0.4) is 0 Å². The van der Waals surface area contributed by atoms with Crippen molar-refractivity contribution in [3.63, 3.8) is 0 Å². The van der Waals surface area contributed by atoms with E-state index in [-0.39, 0.29) is 0 Å². The molecule has 0 saturated carbocycles. The molecule has 30 heavy (non-hydrogen) atoms. The first-order chi connectivity index (χ1) is 14.8. The molecule has 4 heterocycles. The van der Waals surface area contributed by atoms with Crippen molar-refractivity contribution < 1.29 is 9.47 Å². The second-order valence-electron chi connectivity index (χ2n) is 7.08. The van der Waals surface area contributed by atoms with Gasteiger partial charge in [0.15, 0.2) is 17.3 Å². The number of rotatable bonds is 6. The monoisotopic (exact) mass is 405 g/mol. The zero-order chi connectivity index (χ0) is 20.3. The Labute approximate surface area is 173 Å². The highest BCUT2D eigenvalue weighted by Crippen LogP contribution is 2.28. The van der Waals surface area contributed by atoms with Gasteiger partial charge in [-0.1, -0.05) is 30.3 Å². The largest absolute Gasteiger partial charge is 0.383 e. The Hall–Kier alpha value is -3.30. The molecule has 0 unspecified atom stereocenters. The molecule has 154 valence electrons. The molecule has 0 atom stereocenters. The van der Waals surface area contributed by atoms with Gasteiger partial charge in [-0.15, -0.1) is 5.10 Å². The van der Waals surface area contributed by atoms with Crippen molar-refractivity contribution >= 4 is 16.9 Å². The zero-order valence-electron chi connectivity index (χ0n) is 16.8. The fraction of sp³-hybridized carbons (Fsp3) is 0.333. The first-order valence-corrected chi connectivity index (χ1v) is 9.98. The van der Waals surface area contributed by atoms with Crippen molar-refractivity contribution in [2.24, 2.45) is 0 Å². The molecule has 4 aromatic rings. The van der Waals surface area contributed by atoms with Crippen molar-refractivity contribution in [2.75, 3.05) is 44.9 Å². The van der Waals surface area contributed by atoms with Gasteiger partial charge in [0, 0.05) is 38.4 Å². The molecule has 1 aliphatic heterocycles. The molecule has 0 amide bonds. The number of imidazole rings is 1. The lowest BCUT2D eigenvalue weighted by Gasteiger charge is -2.29. The quantitative estimate of drug-likeness (QED) is 0.486. The van der Waals surface area contributed by atoms with Gasteiger partial charge >= 0.3 is 0 Å². The van der Waals surface area contributed by atoms with Crippen LogP contribution in [0.4, 0.5) is 5.69 Å². The first kappa shape index (κ1) is 18.7. The Morgan fingerprint density at radius 2 is 1.90 bits per heavy atom. The molecule has 1 aromatic carbocycles. The van der Waals surface area contributed by atoms with Crippen molar-refractivity contribution in [2.45, 2.75) is 6.54 Å². The highest BCUT2D eigenvalue weighted by atomic mass is 16.5. The molecule has 9 heteroatoms. The number of ether oxygens (including phenoxy) is 2. The highest BCUT2D eigenvalue weighted by Gasteiger charge is 2.20. The van der Waals surface area contributed by atoms with Gasteiger partial charge in [-0.2, -0.15) is 0 Å². The van der Waals surface area contributed by atoms with Crippen LogP contribution in [-0.2, 0) is 16.0 Å². The van der Waals surface area contributed by atoms with Gasteiger partial charge in [0.1, 0.15) is 11.8 Å². The minimum Gasteiger partial charge on any atom is -0.383 e. The van der Waals surface area contributed by atoms with E-state index in [4.69, 9.17) is 14.5 Å². The van der Waals surface area contributed by atoms with Crippen LogP contribution in [0.2, 0.25) is 0 Å².